The second kappa shape index (κ2) is 35.0. The molecule has 11 amide bonds. The van der Waals surface area contributed by atoms with E-state index in [1.807, 2.05) is 34.6 Å². The van der Waals surface area contributed by atoms with Gasteiger partial charge in [0.25, 0.3) is 5.91 Å². The molecule has 23 nitrogen and oxygen atoms in total. The first-order valence-corrected chi connectivity index (χ1v) is 31.4. The molecule has 0 aromatic rings. The van der Waals surface area contributed by atoms with E-state index >= 15 is 14.4 Å². The number of likely N-dealkylation sites (N-methyl/N-ethyl adjacent to an activating group) is 7. The van der Waals surface area contributed by atoms with Crippen molar-refractivity contribution in [1.29, 1.82) is 0 Å². The number of carbonyl (C=O) groups is 12. The molecule has 1 aliphatic heterocycles. The van der Waals surface area contributed by atoms with Crippen molar-refractivity contribution in [3.05, 3.63) is 0 Å². The number of hydrogen-bond donors (Lipinski definition) is 4. The lowest BCUT2D eigenvalue weighted by Gasteiger charge is -2.42. The molecule has 0 radical (unpaired) electrons. The van der Waals surface area contributed by atoms with Gasteiger partial charge in [-0.25, -0.2) is 0 Å². The van der Waals surface area contributed by atoms with Gasteiger partial charge in [-0.15, -0.1) is 0 Å². The van der Waals surface area contributed by atoms with Crippen molar-refractivity contribution in [2.45, 2.75) is 230 Å². The van der Waals surface area contributed by atoms with E-state index in [1.54, 1.807) is 76.2 Å². The number of carbonyl (C=O) groups excluding carboxylic acids is 12. The molecule has 1 fully saturated rings. The summed E-state index contributed by atoms with van der Waals surface area (Å²) in [5.41, 5.74) is 0. The monoisotopic (exact) mass is 1220 g/mol. The van der Waals surface area contributed by atoms with Crippen LogP contribution >= 0.6 is 0 Å². The molecule has 0 aromatic carbocycles. The lowest BCUT2D eigenvalue weighted by atomic mass is 9.90. The van der Waals surface area contributed by atoms with E-state index in [9.17, 15) is 43.2 Å². The summed E-state index contributed by atoms with van der Waals surface area (Å²) in [6.45, 7) is 30.7. The Morgan fingerprint density at radius 2 is 0.767 bits per heavy atom. The van der Waals surface area contributed by atoms with Crippen LogP contribution in [0.25, 0.3) is 0 Å². The molecular formula is C63H113N11O12. The van der Waals surface area contributed by atoms with Crippen LogP contribution < -0.4 is 21.3 Å². The third kappa shape index (κ3) is 19.4. The number of nitrogens with zero attached hydrogens (tertiary/aromatic N) is 7. The minimum Gasteiger partial charge on any atom is -0.343 e. The summed E-state index contributed by atoms with van der Waals surface area (Å²) in [7, 11) is 9.87. The number of amides is 11. The average Bonchev–Trinajstić information content (AvgIpc) is 1.57. The molecule has 23 heteroatoms. The predicted octanol–water partition coefficient (Wildman–Crippen LogP) is 3.95. The molecule has 0 saturated carbocycles. The first-order chi connectivity index (χ1) is 39.8. The van der Waals surface area contributed by atoms with Crippen LogP contribution in [0.3, 0.4) is 0 Å². The summed E-state index contributed by atoms with van der Waals surface area (Å²) in [6.07, 6.45) is 3.44. The smallest absolute Gasteiger partial charge is 0.251 e. The number of unbranched alkanes of at least 4 members (excludes halogenated alkanes) is 1. The number of hydrogen-bond acceptors (Lipinski definition) is 12. The molecule has 492 valence electrons. The van der Waals surface area contributed by atoms with Gasteiger partial charge in [0.15, 0.2) is 11.8 Å². The van der Waals surface area contributed by atoms with Crippen LogP contribution in [0.2, 0.25) is 0 Å². The molecule has 86 heavy (non-hydrogen) atoms. The van der Waals surface area contributed by atoms with E-state index in [1.165, 1.54) is 87.7 Å². The van der Waals surface area contributed by atoms with Gasteiger partial charge < -0.3 is 55.6 Å². The van der Waals surface area contributed by atoms with E-state index in [-0.39, 0.29) is 0 Å². The summed E-state index contributed by atoms with van der Waals surface area (Å²) in [6, 6.07) is -12.7. The Hall–Kier alpha value is -6.16. The van der Waals surface area contributed by atoms with Crippen LogP contribution in [-0.4, -0.2) is 221 Å². The minimum atomic E-state index is -1.78. The zero-order chi connectivity index (χ0) is 66.8. The van der Waals surface area contributed by atoms with E-state index in [0.29, 0.717) is 38.5 Å². The molecule has 15 atom stereocenters. The molecule has 15 unspecified atom stereocenters. The number of Topliss-reactive ketones (excluding diaryl/α,β-unsaturated/α-hetero) is 1. The van der Waals surface area contributed by atoms with Crippen molar-refractivity contribution >= 4 is 70.8 Å². The van der Waals surface area contributed by atoms with Crippen molar-refractivity contribution in [3.8, 4) is 0 Å². The van der Waals surface area contributed by atoms with Gasteiger partial charge in [-0.1, -0.05) is 149 Å². The van der Waals surface area contributed by atoms with Crippen LogP contribution in [0.15, 0.2) is 0 Å². The quantitative estimate of drug-likeness (QED) is 0.160. The lowest BCUT2D eigenvalue weighted by Crippen LogP contribution is -2.64. The highest BCUT2D eigenvalue weighted by Gasteiger charge is 2.47. The Morgan fingerprint density at radius 3 is 1.20 bits per heavy atom. The third-order valence-electron chi connectivity index (χ3n) is 17.9. The minimum absolute atomic E-state index is 0.387. The fourth-order valence-corrected chi connectivity index (χ4v) is 11.3. The maximum atomic E-state index is 15.2. The van der Waals surface area contributed by atoms with Gasteiger partial charge in [-0.05, 0) is 61.7 Å². The molecule has 0 aliphatic carbocycles. The highest BCUT2D eigenvalue weighted by Crippen LogP contribution is 2.27. The fourth-order valence-electron chi connectivity index (χ4n) is 11.3. The summed E-state index contributed by atoms with van der Waals surface area (Å²) in [4.78, 5) is 184. The van der Waals surface area contributed by atoms with Crippen molar-refractivity contribution in [3.63, 3.8) is 0 Å². The highest BCUT2D eigenvalue weighted by molar-refractivity contribution is 6.10. The molecule has 1 heterocycles. The van der Waals surface area contributed by atoms with E-state index in [4.69, 9.17) is 0 Å². The van der Waals surface area contributed by atoms with Gasteiger partial charge in [-0.3, -0.25) is 57.5 Å². The van der Waals surface area contributed by atoms with Crippen molar-refractivity contribution in [2.75, 3.05) is 55.9 Å². The Labute approximate surface area is 515 Å². The third-order valence-corrected chi connectivity index (χ3v) is 17.9. The highest BCUT2D eigenvalue weighted by atomic mass is 16.2. The van der Waals surface area contributed by atoms with Gasteiger partial charge in [0.05, 0.1) is 6.54 Å². The lowest BCUT2D eigenvalue weighted by molar-refractivity contribution is -0.158. The molecule has 4 N–H and O–H groups in total. The standard InChI is InChI=1S/C63H113N11O12/c1-26-31-32-41(16)53(76)52-57(80)66-45(34(6)7)59(82)68(19)33-44(75)69(20)48(37(12)27-2)56(79)67-46(35(8)9)60(83)71(22)49(38(13)28-3)55(78)64-42(17)54(77)65-43(18)58(81)72(23)50(39(14)29-4)63(86)73(24)51(40(15)30-5)62(85)70(21)47(36(10)11)61(84)74(52)25/h34-43,45-52H,26-33H2,1-25H3,(H,64,78)(H,65,77)(H,66,80)(H,67,79). The molecule has 0 aromatic heterocycles. The van der Waals surface area contributed by atoms with Gasteiger partial charge in [0, 0.05) is 55.3 Å². The summed E-state index contributed by atoms with van der Waals surface area (Å²) in [5, 5.41) is 11.0. The van der Waals surface area contributed by atoms with Crippen molar-refractivity contribution in [1.82, 2.24) is 55.6 Å². The molecule has 1 rings (SSSR count). The van der Waals surface area contributed by atoms with E-state index in [2.05, 4.69) is 21.3 Å². The molecule has 0 spiro atoms. The Bertz CT molecular complexity index is 2370. The normalized spacial score (nSPS) is 27.5. The summed E-state index contributed by atoms with van der Waals surface area (Å²) >= 11 is 0. The zero-order valence-corrected chi connectivity index (χ0v) is 57.1. The summed E-state index contributed by atoms with van der Waals surface area (Å²) in [5.74, 6) is -12.6. The van der Waals surface area contributed by atoms with Crippen LogP contribution in [-0.2, 0) is 57.5 Å². The number of rotatable bonds is 16. The van der Waals surface area contributed by atoms with Gasteiger partial charge in [-0.2, -0.15) is 0 Å². The molecule has 1 aliphatic rings. The Balaban J connectivity index is 4.40. The van der Waals surface area contributed by atoms with Crippen LogP contribution in [0.1, 0.15) is 170 Å². The van der Waals surface area contributed by atoms with E-state index in [0.717, 1.165) is 16.2 Å². The van der Waals surface area contributed by atoms with Gasteiger partial charge in [0.1, 0.15) is 54.4 Å². The average molecular weight is 1220 g/mol. The molecular weight excluding hydrogens is 1100 g/mol. The van der Waals surface area contributed by atoms with Crippen LogP contribution in [0.5, 0.6) is 0 Å². The topological polar surface area (TPSA) is 276 Å². The fraction of sp³-hybridized carbons (Fsp3) is 0.810. The predicted molar refractivity (Wildman–Crippen MR) is 332 cm³/mol. The van der Waals surface area contributed by atoms with Gasteiger partial charge >= 0.3 is 0 Å². The second-order valence-electron chi connectivity index (χ2n) is 25.7. The molecule has 1 saturated heterocycles. The largest absolute Gasteiger partial charge is 0.343 e. The van der Waals surface area contributed by atoms with Crippen LogP contribution in [0.4, 0.5) is 0 Å². The maximum Gasteiger partial charge on any atom is 0.251 e. The first kappa shape index (κ1) is 77.9. The zero-order valence-electron chi connectivity index (χ0n) is 57.1. The van der Waals surface area contributed by atoms with E-state index < -0.39 is 185 Å². The number of ketones is 1. The van der Waals surface area contributed by atoms with Crippen molar-refractivity contribution < 1.29 is 57.5 Å². The maximum absolute atomic E-state index is 15.2. The second-order valence-corrected chi connectivity index (χ2v) is 25.7. The number of nitrogens with one attached hydrogen (secondary N) is 4. The summed E-state index contributed by atoms with van der Waals surface area (Å²) < 4.78 is 0. The van der Waals surface area contributed by atoms with Crippen LogP contribution in [0, 0.1) is 47.3 Å². The Kier molecular flexibility index (Phi) is 31.7. The first-order valence-electron chi connectivity index (χ1n) is 31.4. The van der Waals surface area contributed by atoms with Gasteiger partial charge in [0.2, 0.25) is 59.1 Å². The Morgan fingerprint density at radius 1 is 0.407 bits per heavy atom. The van der Waals surface area contributed by atoms with Crippen molar-refractivity contribution in [2.24, 2.45) is 47.3 Å². The SMILES string of the molecule is CCCCC(C)C(=O)C1C(=O)NC(C(C)C)C(=O)N(C)CC(=O)N(C)C(C(C)CC)C(=O)NC(C(C)C)C(=O)N(C)C(C(C)CC)C(=O)NC(C)C(=O)NC(C)C(=O)N(C)C(C(C)CC)C(=O)N(C)C(C(C)CC)C(=O)N(C)C(C(C)C)C(=O)N1C. The molecule has 0 bridgehead atoms.